The fourth-order valence-electron chi connectivity index (χ4n) is 2.11. The van der Waals surface area contributed by atoms with Crippen LogP contribution >= 0.6 is 0 Å². The van der Waals surface area contributed by atoms with Gasteiger partial charge in [-0.25, -0.2) is 0 Å². The van der Waals surface area contributed by atoms with Crippen molar-refractivity contribution < 1.29 is 9.53 Å². The van der Waals surface area contributed by atoms with Crippen LogP contribution in [0, 0.1) is 0 Å². The lowest BCUT2D eigenvalue weighted by molar-refractivity contribution is 0.100. The van der Waals surface area contributed by atoms with Gasteiger partial charge < -0.3 is 9.53 Å². The minimum Gasteiger partial charge on any atom is -0.508 e. The Hall–Kier alpha value is -1.06. The maximum atomic E-state index is 9.38. The first-order valence-electron chi connectivity index (χ1n) is 8.01. The molecular weight excluding hydrogens is 288 g/mol. The van der Waals surface area contributed by atoms with Gasteiger partial charge in [0.05, 0.1) is 5.60 Å². The van der Waals surface area contributed by atoms with Gasteiger partial charge in [-0.3, -0.25) is 0 Å². The maximum absolute atomic E-state index is 9.38. The van der Waals surface area contributed by atoms with Crippen molar-refractivity contribution in [2.45, 2.75) is 71.2 Å². The number of phenols is 1. The van der Waals surface area contributed by atoms with Crippen LogP contribution in [0.15, 0.2) is 36.4 Å². The Balaban J connectivity index is 2.88. The summed E-state index contributed by atoms with van der Waals surface area (Å²) in [5.74, 6) is 0.309. The highest BCUT2D eigenvalue weighted by molar-refractivity contribution is 6.74. The summed E-state index contributed by atoms with van der Waals surface area (Å²) in [4.78, 5) is 0. The molecule has 0 saturated heterocycles. The first-order chi connectivity index (χ1) is 9.87. The van der Waals surface area contributed by atoms with Gasteiger partial charge in [0.2, 0.25) is 0 Å². The van der Waals surface area contributed by atoms with Crippen molar-refractivity contribution in [3.05, 3.63) is 42.0 Å². The lowest BCUT2D eigenvalue weighted by atomic mass is 9.91. The van der Waals surface area contributed by atoms with Crippen LogP contribution < -0.4 is 0 Å². The van der Waals surface area contributed by atoms with Crippen LogP contribution in [-0.2, 0) is 10.8 Å². The first-order valence-corrected chi connectivity index (χ1v) is 10.9. The zero-order valence-corrected chi connectivity index (χ0v) is 16.3. The van der Waals surface area contributed by atoms with Crippen LogP contribution in [0.2, 0.25) is 18.1 Å². The first kappa shape index (κ1) is 19.0. The van der Waals surface area contributed by atoms with Crippen LogP contribution in [0.3, 0.4) is 0 Å². The van der Waals surface area contributed by atoms with E-state index in [-0.39, 0.29) is 10.6 Å². The van der Waals surface area contributed by atoms with E-state index in [0.29, 0.717) is 5.75 Å². The molecule has 0 aliphatic carbocycles. The fourth-order valence-corrected chi connectivity index (χ4v) is 3.82. The number of hydrogen-bond donors (Lipinski definition) is 1. The molecule has 1 unspecified atom stereocenters. The number of hydrogen-bond acceptors (Lipinski definition) is 2. The van der Waals surface area contributed by atoms with Crippen molar-refractivity contribution in [3.8, 4) is 5.75 Å². The summed E-state index contributed by atoms with van der Waals surface area (Å²) in [5.41, 5.74) is 1.99. The zero-order valence-electron chi connectivity index (χ0n) is 15.3. The molecule has 124 valence electrons. The van der Waals surface area contributed by atoms with Crippen LogP contribution in [-0.4, -0.2) is 19.0 Å². The third-order valence-electron chi connectivity index (χ3n) is 5.02. The molecule has 1 atom stereocenters. The van der Waals surface area contributed by atoms with Gasteiger partial charge in [-0.05, 0) is 62.5 Å². The normalized spacial score (nSPS) is 15.4. The standard InChI is InChI=1S/C19H32O2Si/c1-15(2)19(6,21-22(7,8)18(3,4)5)14-13-16-9-11-17(20)12-10-16/h9-12,20H,1,13-14H2,2-8H3. The van der Waals surface area contributed by atoms with Gasteiger partial charge in [-0.2, -0.15) is 0 Å². The van der Waals surface area contributed by atoms with Gasteiger partial charge in [0, 0.05) is 0 Å². The van der Waals surface area contributed by atoms with Crippen LogP contribution in [0.5, 0.6) is 5.75 Å². The topological polar surface area (TPSA) is 29.5 Å². The summed E-state index contributed by atoms with van der Waals surface area (Å²) in [5, 5.41) is 9.56. The lowest BCUT2D eigenvalue weighted by Gasteiger charge is -2.45. The number of aromatic hydroxyl groups is 1. The number of aryl methyl sites for hydroxylation is 1. The predicted molar refractivity (Wildman–Crippen MR) is 97.9 cm³/mol. The maximum Gasteiger partial charge on any atom is 0.193 e. The van der Waals surface area contributed by atoms with Crippen LogP contribution in [0.4, 0.5) is 0 Å². The molecular formula is C19H32O2Si. The van der Waals surface area contributed by atoms with Gasteiger partial charge >= 0.3 is 0 Å². The second kappa shape index (κ2) is 6.59. The van der Waals surface area contributed by atoms with Crippen LogP contribution in [0.25, 0.3) is 0 Å². The minimum atomic E-state index is -1.85. The van der Waals surface area contributed by atoms with Crippen LogP contribution in [0.1, 0.15) is 46.6 Å². The quantitative estimate of drug-likeness (QED) is 0.539. The smallest absolute Gasteiger partial charge is 0.193 e. The van der Waals surface area contributed by atoms with Gasteiger partial charge in [0.1, 0.15) is 5.75 Å². The molecule has 1 aromatic rings. The molecule has 0 saturated carbocycles. The summed E-state index contributed by atoms with van der Waals surface area (Å²) in [6, 6.07) is 7.42. The molecule has 0 fully saturated rings. The Morgan fingerprint density at radius 1 is 1.14 bits per heavy atom. The molecule has 0 amide bonds. The van der Waals surface area contributed by atoms with Crippen molar-refractivity contribution in [3.63, 3.8) is 0 Å². The van der Waals surface area contributed by atoms with E-state index in [1.807, 2.05) is 12.1 Å². The molecule has 0 heterocycles. The van der Waals surface area contributed by atoms with Gasteiger partial charge in [-0.15, -0.1) is 0 Å². The molecule has 0 bridgehead atoms. The number of benzene rings is 1. The molecule has 22 heavy (non-hydrogen) atoms. The molecule has 1 aromatic carbocycles. The highest BCUT2D eigenvalue weighted by atomic mass is 28.4. The van der Waals surface area contributed by atoms with Gasteiger partial charge in [0.15, 0.2) is 8.32 Å². The fraction of sp³-hybridized carbons (Fsp3) is 0.579. The van der Waals surface area contributed by atoms with E-state index in [2.05, 4.69) is 54.3 Å². The molecule has 0 aromatic heterocycles. The SMILES string of the molecule is C=C(C)C(C)(CCc1ccc(O)cc1)O[Si](C)(C)C(C)(C)C. The van der Waals surface area contributed by atoms with E-state index in [9.17, 15) is 5.11 Å². The average Bonchev–Trinajstić information content (AvgIpc) is 2.36. The predicted octanol–water partition coefficient (Wildman–Crippen LogP) is 5.68. The monoisotopic (exact) mass is 320 g/mol. The highest BCUT2D eigenvalue weighted by Crippen LogP contribution is 2.41. The Morgan fingerprint density at radius 2 is 1.64 bits per heavy atom. The molecule has 3 heteroatoms. The largest absolute Gasteiger partial charge is 0.508 e. The van der Waals surface area contributed by atoms with Gasteiger partial charge in [0.25, 0.3) is 0 Å². The summed E-state index contributed by atoms with van der Waals surface area (Å²) in [6.07, 6.45) is 1.82. The number of phenolic OH excluding ortho intramolecular Hbond substituents is 1. The van der Waals surface area contributed by atoms with Gasteiger partial charge in [-0.1, -0.05) is 45.1 Å². The van der Waals surface area contributed by atoms with Crippen molar-refractivity contribution >= 4 is 8.32 Å². The van der Waals surface area contributed by atoms with Crippen molar-refractivity contribution in [2.75, 3.05) is 0 Å². The highest BCUT2D eigenvalue weighted by Gasteiger charge is 2.43. The van der Waals surface area contributed by atoms with Crippen molar-refractivity contribution in [2.24, 2.45) is 0 Å². The summed E-state index contributed by atoms with van der Waals surface area (Å²) < 4.78 is 6.69. The van der Waals surface area contributed by atoms with E-state index >= 15 is 0 Å². The lowest BCUT2D eigenvalue weighted by Crippen LogP contribution is -2.49. The Bertz CT molecular complexity index is 511. The van der Waals surface area contributed by atoms with E-state index in [0.717, 1.165) is 18.4 Å². The third-order valence-corrected chi connectivity index (χ3v) is 9.59. The zero-order chi connectivity index (χ0) is 17.2. The Labute approximate surface area is 137 Å². The van der Waals surface area contributed by atoms with Crippen molar-refractivity contribution in [1.29, 1.82) is 0 Å². The summed E-state index contributed by atoms with van der Waals surface area (Å²) in [7, 11) is -1.85. The Morgan fingerprint density at radius 3 is 2.05 bits per heavy atom. The minimum absolute atomic E-state index is 0.183. The molecule has 0 aliphatic heterocycles. The molecule has 1 rings (SSSR count). The summed E-state index contributed by atoms with van der Waals surface area (Å²) >= 11 is 0. The molecule has 0 aliphatic rings. The molecule has 1 N–H and O–H groups in total. The second-order valence-electron chi connectivity index (χ2n) is 8.04. The molecule has 0 spiro atoms. The summed E-state index contributed by atoms with van der Waals surface area (Å²) in [6.45, 7) is 19.8. The Kier molecular flexibility index (Phi) is 5.69. The van der Waals surface area contributed by atoms with Crippen molar-refractivity contribution in [1.82, 2.24) is 0 Å². The van der Waals surface area contributed by atoms with E-state index in [1.165, 1.54) is 5.56 Å². The molecule has 2 nitrogen and oxygen atoms in total. The average molecular weight is 321 g/mol. The van der Waals surface area contributed by atoms with E-state index < -0.39 is 8.32 Å². The second-order valence-corrected chi connectivity index (χ2v) is 12.8. The molecule has 0 radical (unpaired) electrons. The van der Waals surface area contributed by atoms with E-state index in [4.69, 9.17) is 4.43 Å². The van der Waals surface area contributed by atoms with E-state index in [1.54, 1.807) is 12.1 Å². The number of rotatable bonds is 6. The third kappa shape index (κ3) is 4.72.